The predicted octanol–water partition coefficient (Wildman–Crippen LogP) is 0.412. The molecule has 2 saturated heterocycles. The number of hydrogen-bond donors (Lipinski definition) is 1. The van der Waals surface area contributed by atoms with Crippen molar-refractivity contribution in [3.63, 3.8) is 0 Å². The maximum atomic E-state index is 12.5. The van der Waals surface area contributed by atoms with Crippen molar-refractivity contribution >= 4 is 21.8 Å². The first-order chi connectivity index (χ1) is 9.78. The number of rotatable bonds is 2. The van der Waals surface area contributed by atoms with E-state index >= 15 is 0 Å². The van der Waals surface area contributed by atoms with Crippen LogP contribution in [0.2, 0.25) is 0 Å². The number of piperidine rings is 1. The standard InChI is InChI=1S/C13H22N2O5S/c1-10-2-4-14(5-3-10)13(18)15-6-7-21(19,20)9-11(15)8-12(16)17/h10-11H,2-9H2,1H3,(H,16,17). The minimum atomic E-state index is -3.26. The van der Waals surface area contributed by atoms with Crippen LogP contribution in [0.4, 0.5) is 4.79 Å². The van der Waals surface area contributed by atoms with Gasteiger partial charge < -0.3 is 14.9 Å². The summed E-state index contributed by atoms with van der Waals surface area (Å²) in [4.78, 5) is 26.6. The number of likely N-dealkylation sites (tertiary alicyclic amines) is 1. The van der Waals surface area contributed by atoms with Gasteiger partial charge in [0.2, 0.25) is 0 Å². The fourth-order valence-corrected chi connectivity index (χ4v) is 4.42. The lowest BCUT2D eigenvalue weighted by molar-refractivity contribution is -0.138. The number of nitrogens with zero attached hydrogens (tertiary/aromatic N) is 2. The van der Waals surface area contributed by atoms with Gasteiger partial charge >= 0.3 is 12.0 Å². The first-order valence-electron chi connectivity index (χ1n) is 7.26. The van der Waals surface area contributed by atoms with E-state index in [2.05, 4.69) is 6.92 Å². The summed E-state index contributed by atoms with van der Waals surface area (Å²) in [6.07, 6.45) is 1.54. The van der Waals surface area contributed by atoms with Gasteiger partial charge in [0, 0.05) is 19.6 Å². The van der Waals surface area contributed by atoms with Crippen LogP contribution in [0.25, 0.3) is 0 Å². The van der Waals surface area contributed by atoms with Crippen LogP contribution in [0.5, 0.6) is 0 Å². The molecule has 2 rings (SSSR count). The number of hydrogen-bond acceptors (Lipinski definition) is 4. The van der Waals surface area contributed by atoms with Crippen molar-refractivity contribution in [1.29, 1.82) is 0 Å². The molecule has 0 radical (unpaired) electrons. The third-order valence-electron chi connectivity index (χ3n) is 4.24. The van der Waals surface area contributed by atoms with E-state index in [1.165, 1.54) is 4.90 Å². The van der Waals surface area contributed by atoms with Crippen LogP contribution in [-0.4, -0.2) is 72.5 Å². The Labute approximate surface area is 124 Å². The van der Waals surface area contributed by atoms with Gasteiger partial charge in [0.05, 0.1) is 24.0 Å². The number of carbonyl (C=O) groups excluding carboxylic acids is 1. The third kappa shape index (κ3) is 4.09. The van der Waals surface area contributed by atoms with Crippen LogP contribution >= 0.6 is 0 Å². The second kappa shape index (κ2) is 6.21. The molecule has 8 heteroatoms. The quantitative estimate of drug-likeness (QED) is 0.796. The Bertz CT molecular complexity index is 511. The minimum Gasteiger partial charge on any atom is -0.481 e. The Morgan fingerprint density at radius 2 is 1.81 bits per heavy atom. The van der Waals surface area contributed by atoms with Crippen molar-refractivity contribution in [2.24, 2.45) is 5.92 Å². The molecular formula is C13H22N2O5S. The number of urea groups is 1. The molecule has 0 aliphatic carbocycles. The predicted molar refractivity (Wildman–Crippen MR) is 76.8 cm³/mol. The van der Waals surface area contributed by atoms with Crippen molar-refractivity contribution in [3.8, 4) is 0 Å². The lowest BCUT2D eigenvalue weighted by Crippen LogP contribution is -2.56. The molecule has 21 heavy (non-hydrogen) atoms. The van der Waals surface area contributed by atoms with E-state index < -0.39 is 21.8 Å². The van der Waals surface area contributed by atoms with Crippen LogP contribution < -0.4 is 0 Å². The fourth-order valence-electron chi connectivity index (χ4n) is 2.89. The molecule has 7 nitrogen and oxygen atoms in total. The monoisotopic (exact) mass is 318 g/mol. The second-order valence-electron chi connectivity index (χ2n) is 6.01. The number of amides is 2. The van der Waals surface area contributed by atoms with Crippen LogP contribution in [0.15, 0.2) is 0 Å². The zero-order chi connectivity index (χ0) is 15.6. The average Bonchev–Trinajstić information content (AvgIpc) is 2.37. The van der Waals surface area contributed by atoms with E-state index in [-0.39, 0.29) is 30.5 Å². The fraction of sp³-hybridized carbons (Fsp3) is 0.846. The molecule has 1 N–H and O–H groups in total. The van der Waals surface area contributed by atoms with Crippen LogP contribution in [-0.2, 0) is 14.6 Å². The molecule has 0 spiro atoms. The van der Waals surface area contributed by atoms with E-state index in [1.807, 2.05) is 0 Å². The topological polar surface area (TPSA) is 95.0 Å². The number of aliphatic carboxylic acids is 1. The zero-order valence-electron chi connectivity index (χ0n) is 12.2. The van der Waals surface area contributed by atoms with Gasteiger partial charge in [-0.2, -0.15) is 0 Å². The van der Waals surface area contributed by atoms with Gasteiger partial charge in [-0.3, -0.25) is 4.79 Å². The summed E-state index contributed by atoms with van der Waals surface area (Å²) in [5.41, 5.74) is 0. The smallest absolute Gasteiger partial charge is 0.320 e. The zero-order valence-corrected chi connectivity index (χ0v) is 13.0. The second-order valence-corrected chi connectivity index (χ2v) is 8.24. The summed E-state index contributed by atoms with van der Waals surface area (Å²) in [6.45, 7) is 3.54. The van der Waals surface area contributed by atoms with Crippen molar-refractivity contribution in [1.82, 2.24) is 9.80 Å². The summed E-state index contributed by atoms with van der Waals surface area (Å²) >= 11 is 0. The molecule has 0 saturated carbocycles. The first kappa shape index (κ1) is 16.1. The van der Waals surface area contributed by atoms with Gasteiger partial charge in [-0.25, -0.2) is 13.2 Å². The Balaban J connectivity index is 2.08. The molecular weight excluding hydrogens is 296 g/mol. The van der Waals surface area contributed by atoms with E-state index in [4.69, 9.17) is 5.11 Å². The molecule has 2 fully saturated rings. The van der Waals surface area contributed by atoms with E-state index in [0.717, 1.165) is 12.8 Å². The summed E-state index contributed by atoms with van der Waals surface area (Å²) in [5.74, 6) is -0.832. The van der Waals surface area contributed by atoms with Crippen molar-refractivity contribution < 1.29 is 23.1 Å². The van der Waals surface area contributed by atoms with Crippen LogP contribution in [0, 0.1) is 5.92 Å². The normalized spacial score (nSPS) is 26.6. The number of carbonyl (C=O) groups is 2. The van der Waals surface area contributed by atoms with Crippen LogP contribution in [0.1, 0.15) is 26.2 Å². The van der Waals surface area contributed by atoms with Gasteiger partial charge in [-0.15, -0.1) is 0 Å². The lowest BCUT2D eigenvalue weighted by atomic mass is 9.99. The van der Waals surface area contributed by atoms with Crippen LogP contribution in [0.3, 0.4) is 0 Å². The Kier molecular flexibility index (Phi) is 4.75. The molecule has 0 bridgehead atoms. The molecule has 0 aromatic carbocycles. The Morgan fingerprint density at radius 3 is 2.38 bits per heavy atom. The molecule has 2 heterocycles. The Hall–Kier alpha value is -1.31. The highest BCUT2D eigenvalue weighted by molar-refractivity contribution is 7.91. The van der Waals surface area contributed by atoms with E-state index in [9.17, 15) is 18.0 Å². The molecule has 1 atom stereocenters. The first-order valence-corrected chi connectivity index (χ1v) is 9.08. The summed E-state index contributed by atoms with van der Waals surface area (Å²) < 4.78 is 23.4. The highest BCUT2D eigenvalue weighted by Gasteiger charge is 2.37. The van der Waals surface area contributed by atoms with Crippen molar-refractivity contribution in [3.05, 3.63) is 0 Å². The number of carboxylic acids is 1. The van der Waals surface area contributed by atoms with Gasteiger partial charge in [0.1, 0.15) is 0 Å². The maximum Gasteiger partial charge on any atom is 0.320 e. The minimum absolute atomic E-state index is 0.0842. The molecule has 2 amide bonds. The number of carboxylic acid groups (broad SMARTS) is 1. The number of sulfone groups is 1. The Morgan fingerprint density at radius 1 is 1.19 bits per heavy atom. The molecule has 2 aliphatic rings. The summed E-state index contributed by atoms with van der Waals surface area (Å²) in [6, 6.07) is -0.976. The van der Waals surface area contributed by atoms with Gasteiger partial charge in [-0.05, 0) is 18.8 Å². The highest BCUT2D eigenvalue weighted by atomic mass is 32.2. The van der Waals surface area contributed by atoms with Gasteiger partial charge in [-0.1, -0.05) is 6.92 Å². The summed E-state index contributed by atoms with van der Waals surface area (Å²) in [7, 11) is -3.26. The molecule has 0 aromatic heterocycles. The van der Waals surface area contributed by atoms with E-state index in [1.54, 1.807) is 4.90 Å². The highest BCUT2D eigenvalue weighted by Crippen LogP contribution is 2.21. The average molecular weight is 318 g/mol. The van der Waals surface area contributed by atoms with Crippen molar-refractivity contribution in [2.75, 3.05) is 31.1 Å². The maximum absolute atomic E-state index is 12.5. The van der Waals surface area contributed by atoms with Gasteiger partial charge in [0.25, 0.3) is 0 Å². The van der Waals surface area contributed by atoms with E-state index in [0.29, 0.717) is 19.0 Å². The lowest BCUT2D eigenvalue weighted by Gasteiger charge is -2.40. The SMILES string of the molecule is CC1CCN(C(=O)N2CCS(=O)(=O)CC2CC(=O)O)CC1. The molecule has 2 aliphatic heterocycles. The van der Waals surface area contributed by atoms with Crippen molar-refractivity contribution in [2.45, 2.75) is 32.2 Å². The molecule has 120 valence electrons. The molecule has 0 aromatic rings. The largest absolute Gasteiger partial charge is 0.481 e. The molecule has 1 unspecified atom stereocenters. The van der Waals surface area contributed by atoms with Gasteiger partial charge in [0.15, 0.2) is 9.84 Å². The summed E-state index contributed by atoms with van der Waals surface area (Å²) in [5, 5.41) is 8.93. The third-order valence-corrected chi connectivity index (χ3v) is 5.94.